The molecular formula is C14H11F2N3. The van der Waals surface area contributed by atoms with Crippen molar-refractivity contribution in [3.8, 4) is 6.07 Å². The van der Waals surface area contributed by atoms with Gasteiger partial charge in [0.25, 0.3) is 0 Å². The van der Waals surface area contributed by atoms with Crippen LogP contribution in [0.15, 0.2) is 36.4 Å². The fraction of sp³-hybridized carbons (Fsp3) is 0.0714. The summed E-state index contributed by atoms with van der Waals surface area (Å²) in [7, 11) is 0. The standard InChI is InChI=1S/C14H11F2N3/c15-11-2-1-9(13(16)6-11)8-19-14-4-3-12(18)5-10(14)7-17/h1-6,19H,8,18H2. The average molecular weight is 259 g/mol. The number of nitrogens with zero attached hydrogens (tertiary/aromatic N) is 1. The average Bonchev–Trinajstić information content (AvgIpc) is 2.39. The number of nitriles is 1. The Balaban J connectivity index is 2.17. The minimum Gasteiger partial charge on any atom is -0.399 e. The van der Waals surface area contributed by atoms with Crippen LogP contribution < -0.4 is 11.1 Å². The quantitative estimate of drug-likeness (QED) is 0.833. The van der Waals surface area contributed by atoms with Crippen LogP contribution in [0.2, 0.25) is 0 Å². The van der Waals surface area contributed by atoms with E-state index < -0.39 is 11.6 Å². The van der Waals surface area contributed by atoms with Crippen LogP contribution in [-0.4, -0.2) is 0 Å². The first kappa shape index (κ1) is 12.8. The van der Waals surface area contributed by atoms with Gasteiger partial charge in [-0.2, -0.15) is 5.26 Å². The van der Waals surface area contributed by atoms with Crippen LogP contribution in [0.25, 0.3) is 0 Å². The number of nitrogen functional groups attached to an aromatic ring is 1. The predicted octanol–water partition coefficient (Wildman–Crippen LogP) is 3.03. The van der Waals surface area contributed by atoms with E-state index in [0.717, 1.165) is 6.07 Å². The van der Waals surface area contributed by atoms with E-state index in [1.165, 1.54) is 18.2 Å². The predicted molar refractivity (Wildman–Crippen MR) is 69.3 cm³/mol. The summed E-state index contributed by atoms with van der Waals surface area (Å²) in [5, 5.41) is 11.9. The first-order valence-corrected chi connectivity index (χ1v) is 5.57. The van der Waals surface area contributed by atoms with Gasteiger partial charge in [-0.15, -0.1) is 0 Å². The molecule has 0 amide bonds. The monoisotopic (exact) mass is 259 g/mol. The minimum absolute atomic E-state index is 0.157. The topological polar surface area (TPSA) is 61.8 Å². The smallest absolute Gasteiger partial charge is 0.131 e. The highest BCUT2D eigenvalue weighted by molar-refractivity contribution is 5.63. The van der Waals surface area contributed by atoms with Crippen molar-refractivity contribution in [1.82, 2.24) is 0 Å². The lowest BCUT2D eigenvalue weighted by Gasteiger charge is -2.09. The fourth-order valence-electron chi connectivity index (χ4n) is 1.66. The number of nitrogens with one attached hydrogen (secondary N) is 1. The molecule has 0 fully saturated rings. The van der Waals surface area contributed by atoms with Crippen LogP contribution in [0.1, 0.15) is 11.1 Å². The highest BCUT2D eigenvalue weighted by atomic mass is 19.1. The molecule has 0 aliphatic rings. The molecule has 0 saturated heterocycles. The van der Waals surface area contributed by atoms with Gasteiger partial charge in [-0.3, -0.25) is 0 Å². The van der Waals surface area contributed by atoms with E-state index >= 15 is 0 Å². The molecule has 0 saturated carbocycles. The summed E-state index contributed by atoms with van der Waals surface area (Å²) in [4.78, 5) is 0. The highest BCUT2D eigenvalue weighted by Gasteiger charge is 2.06. The van der Waals surface area contributed by atoms with Gasteiger partial charge < -0.3 is 11.1 Å². The van der Waals surface area contributed by atoms with Gasteiger partial charge in [0.05, 0.1) is 11.3 Å². The summed E-state index contributed by atoms with van der Waals surface area (Å²) in [5.74, 6) is -1.24. The number of hydrogen-bond donors (Lipinski definition) is 2. The molecular weight excluding hydrogens is 248 g/mol. The summed E-state index contributed by atoms with van der Waals surface area (Å²) in [6.07, 6.45) is 0. The molecule has 96 valence electrons. The number of nitrogens with two attached hydrogens (primary N) is 1. The van der Waals surface area contributed by atoms with Crippen molar-refractivity contribution in [1.29, 1.82) is 5.26 Å². The maximum Gasteiger partial charge on any atom is 0.131 e. The van der Waals surface area contributed by atoms with Gasteiger partial charge in [0.2, 0.25) is 0 Å². The summed E-state index contributed by atoms with van der Waals surface area (Å²) in [6.45, 7) is 0.157. The van der Waals surface area contributed by atoms with E-state index in [2.05, 4.69) is 5.32 Å². The molecule has 0 atom stereocenters. The molecule has 2 rings (SSSR count). The summed E-state index contributed by atoms with van der Waals surface area (Å²) >= 11 is 0. The first-order chi connectivity index (χ1) is 9.10. The SMILES string of the molecule is N#Cc1cc(N)ccc1NCc1ccc(F)cc1F. The fourth-order valence-corrected chi connectivity index (χ4v) is 1.66. The number of benzene rings is 2. The molecule has 0 aliphatic carbocycles. The molecule has 0 bridgehead atoms. The Labute approximate surface area is 109 Å². The molecule has 0 unspecified atom stereocenters. The third-order valence-corrected chi connectivity index (χ3v) is 2.65. The number of rotatable bonds is 3. The van der Waals surface area contributed by atoms with Crippen molar-refractivity contribution < 1.29 is 8.78 Å². The molecule has 0 spiro atoms. The lowest BCUT2D eigenvalue weighted by atomic mass is 10.1. The molecule has 0 aromatic heterocycles. The minimum atomic E-state index is -0.624. The van der Waals surface area contributed by atoms with Crippen molar-refractivity contribution in [2.24, 2.45) is 0 Å². The Hall–Kier alpha value is -2.61. The third kappa shape index (κ3) is 2.99. The van der Waals surface area contributed by atoms with Gasteiger partial charge in [-0.25, -0.2) is 8.78 Å². The van der Waals surface area contributed by atoms with Crippen LogP contribution in [0, 0.1) is 23.0 Å². The third-order valence-electron chi connectivity index (χ3n) is 2.65. The van der Waals surface area contributed by atoms with Crippen LogP contribution in [0.4, 0.5) is 20.2 Å². The second-order valence-electron chi connectivity index (χ2n) is 4.01. The van der Waals surface area contributed by atoms with E-state index in [-0.39, 0.29) is 6.54 Å². The van der Waals surface area contributed by atoms with Crippen molar-refractivity contribution >= 4 is 11.4 Å². The summed E-state index contributed by atoms with van der Waals surface area (Å²) in [5.41, 5.74) is 7.31. The van der Waals surface area contributed by atoms with E-state index in [1.807, 2.05) is 6.07 Å². The van der Waals surface area contributed by atoms with Gasteiger partial charge in [0.15, 0.2) is 0 Å². The van der Waals surface area contributed by atoms with Crippen LogP contribution in [-0.2, 0) is 6.54 Å². The molecule has 2 aromatic rings. The zero-order valence-corrected chi connectivity index (χ0v) is 9.95. The normalized spacial score (nSPS) is 9.95. The van der Waals surface area contributed by atoms with E-state index in [9.17, 15) is 8.78 Å². The number of anilines is 2. The lowest BCUT2D eigenvalue weighted by Crippen LogP contribution is -2.04. The van der Waals surface area contributed by atoms with E-state index in [0.29, 0.717) is 22.5 Å². The van der Waals surface area contributed by atoms with Gasteiger partial charge in [-0.05, 0) is 24.3 Å². The van der Waals surface area contributed by atoms with Gasteiger partial charge in [0, 0.05) is 23.9 Å². The zero-order chi connectivity index (χ0) is 13.8. The Morgan fingerprint density at radius 2 is 1.95 bits per heavy atom. The molecule has 0 heterocycles. The largest absolute Gasteiger partial charge is 0.399 e. The summed E-state index contributed by atoms with van der Waals surface area (Å²) in [6, 6.07) is 10.2. The molecule has 19 heavy (non-hydrogen) atoms. The Kier molecular flexibility index (Phi) is 3.62. The molecule has 0 radical (unpaired) electrons. The van der Waals surface area contributed by atoms with Crippen molar-refractivity contribution in [3.05, 3.63) is 59.2 Å². The summed E-state index contributed by atoms with van der Waals surface area (Å²) < 4.78 is 26.2. The van der Waals surface area contributed by atoms with Gasteiger partial charge in [-0.1, -0.05) is 6.07 Å². The lowest BCUT2D eigenvalue weighted by molar-refractivity contribution is 0.574. The first-order valence-electron chi connectivity index (χ1n) is 5.57. The maximum atomic E-state index is 13.4. The zero-order valence-electron chi connectivity index (χ0n) is 9.95. The van der Waals surface area contributed by atoms with Crippen LogP contribution in [0.3, 0.4) is 0 Å². The van der Waals surface area contributed by atoms with Crippen LogP contribution >= 0.6 is 0 Å². The van der Waals surface area contributed by atoms with Crippen molar-refractivity contribution in [2.45, 2.75) is 6.54 Å². The molecule has 5 heteroatoms. The maximum absolute atomic E-state index is 13.4. The van der Waals surface area contributed by atoms with E-state index in [4.69, 9.17) is 11.0 Å². The van der Waals surface area contributed by atoms with Gasteiger partial charge in [0.1, 0.15) is 17.7 Å². The van der Waals surface area contributed by atoms with Crippen molar-refractivity contribution in [2.75, 3.05) is 11.1 Å². The molecule has 2 aromatic carbocycles. The van der Waals surface area contributed by atoms with E-state index in [1.54, 1.807) is 12.1 Å². The molecule has 3 N–H and O–H groups in total. The highest BCUT2D eigenvalue weighted by Crippen LogP contribution is 2.19. The Morgan fingerprint density at radius 1 is 1.16 bits per heavy atom. The number of halogens is 2. The Morgan fingerprint density at radius 3 is 2.63 bits per heavy atom. The van der Waals surface area contributed by atoms with Gasteiger partial charge >= 0.3 is 0 Å². The molecule has 3 nitrogen and oxygen atoms in total. The number of hydrogen-bond acceptors (Lipinski definition) is 3. The van der Waals surface area contributed by atoms with Crippen LogP contribution in [0.5, 0.6) is 0 Å². The Bertz CT molecular complexity index is 648. The molecule has 0 aliphatic heterocycles. The second kappa shape index (κ2) is 5.36. The van der Waals surface area contributed by atoms with Crippen molar-refractivity contribution in [3.63, 3.8) is 0 Å². The second-order valence-corrected chi connectivity index (χ2v) is 4.01.